The van der Waals surface area contributed by atoms with Crippen molar-refractivity contribution in [1.29, 1.82) is 0 Å². The number of benzene rings is 3. The Morgan fingerprint density at radius 2 is 1.69 bits per heavy atom. The summed E-state index contributed by atoms with van der Waals surface area (Å²) in [6, 6.07) is 15.6. The van der Waals surface area contributed by atoms with Gasteiger partial charge in [-0.25, -0.2) is 8.42 Å². The molecule has 32 heavy (non-hydrogen) atoms. The van der Waals surface area contributed by atoms with Crippen molar-refractivity contribution in [2.45, 2.75) is 18.7 Å². The van der Waals surface area contributed by atoms with Gasteiger partial charge in [-0.05, 0) is 74.0 Å². The van der Waals surface area contributed by atoms with Crippen LogP contribution in [0, 0.1) is 6.92 Å². The SMILES string of the molecule is CCOc1ccc(S(=O)(=O)Nc2ccc(C(=O)Nc3cc(C)c(Cl)cc3OC)cc2)cc1. The van der Waals surface area contributed by atoms with Crippen LogP contribution in [0.2, 0.25) is 5.02 Å². The van der Waals surface area contributed by atoms with Crippen molar-refractivity contribution >= 4 is 38.9 Å². The number of anilines is 2. The lowest BCUT2D eigenvalue weighted by molar-refractivity contribution is 0.102. The number of carbonyl (C=O) groups is 1. The summed E-state index contributed by atoms with van der Waals surface area (Å²) < 4.78 is 38.3. The molecule has 3 aromatic carbocycles. The number of sulfonamides is 1. The highest BCUT2D eigenvalue weighted by Crippen LogP contribution is 2.31. The van der Waals surface area contributed by atoms with Gasteiger partial charge in [0.15, 0.2) is 0 Å². The van der Waals surface area contributed by atoms with Gasteiger partial charge in [0.2, 0.25) is 0 Å². The predicted molar refractivity (Wildman–Crippen MR) is 126 cm³/mol. The first-order valence-corrected chi connectivity index (χ1v) is 11.6. The third-order valence-electron chi connectivity index (χ3n) is 4.57. The van der Waals surface area contributed by atoms with E-state index in [1.54, 1.807) is 24.3 Å². The molecule has 168 valence electrons. The summed E-state index contributed by atoms with van der Waals surface area (Å²) >= 11 is 6.10. The van der Waals surface area contributed by atoms with Gasteiger partial charge in [-0.2, -0.15) is 0 Å². The zero-order valence-electron chi connectivity index (χ0n) is 17.8. The number of methoxy groups -OCH3 is 1. The van der Waals surface area contributed by atoms with Crippen LogP contribution in [-0.2, 0) is 10.0 Å². The highest BCUT2D eigenvalue weighted by atomic mass is 35.5. The van der Waals surface area contributed by atoms with Gasteiger partial charge in [-0.3, -0.25) is 9.52 Å². The van der Waals surface area contributed by atoms with E-state index in [1.165, 1.54) is 43.5 Å². The van der Waals surface area contributed by atoms with Crippen molar-refractivity contribution in [2.24, 2.45) is 0 Å². The molecule has 2 N–H and O–H groups in total. The fourth-order valence-corrected chi connectivity index (χ4v) is 4.12. The van der Waals surface area contributed by atoms with Crippen LogP contribution < -0.4 is 19.5 Å². The number of hydrogen-bond donors (Lipinski definition) is 2. The predicted octanol–water partition coefficient (Wildman–Crippen LogP) is 5.11. The molecule has 0 spiro atoms. The Hall–Kier alpha value is -3.23. The van der Waals surface area contributed by atoms with Crippen LogP contribution in [0.3, 0.4) is 0 Å². The summed E-state index contributed by atoms with van der Waals surface area (Å²) in [5, 5.41) is 3.31. The summed E-state index contributed by atoms with van der Waals surface area (Å²) in [5.74, 6) is 0.661. The second-order valence-corrected chi connectivity index (χ2v) is 8.93. The minimum absolute atomic E-state index is 0.105. The number of ether oxygens (including phenoxy) is 2. The summed E-state index contributed by atoms with van der Waals surface area (Å²) in [6.07, 6.45) is 0. The standard InChI is InChI=1S/C23H23ClN2O5S/c1-4-31-18-9-11-19(12-10-18)32(28,29)26-17-7-5-16(6-8-17)23(27)25-21-13-15(2)20(24)14-22(21)30-3/h5-14,26H,4H2,1-3H3,(H,25,27). The maximum Gasteiger partial charge on any atom is 0.261 e. The van der Waals surface area contributed by atoms with Crippen LogP contribution in [-0.4, -0.2) is 28.0 Å². The molecule has 0 bridgehead atoms. The Morgan fingerprint density at radius 3 is 2.28 bits per heavy atom. The van der Waals surface area contributed by atoms with E-state index in [2.05, 4.69) is 10.0 Å². The van der Waals surface area contributed by atoms with Gasteiger partial charge in [0.25, 0.3) is 15.9 Å². The number of amides is 1. The monoisotopic (exact) mass is 474 g/mol. The molecule has 0 radical (unpaired) electrons. The Morgan fingerprint density at radius 1 is 1.03 bits per heavy atom. The maximum atomic E-state index is 12.6. The Labute approximate surface area is 192 Å². The normalized spacial score (nSPS) is 11.0. The van der Waals surface area contributed by atoms with Gasteiger partial charge in [-0.15, -0.1) is 0 Å². The van der Waals surface area contributed by atoms with Gasteiger partial charge in [0.05, 0.1) is 24.3 Å². The summed E-state index contributed by atoms with van der Waals surface area (Å²) in [7, 11) is -2.29. The smallest absolute Gasteiger partial charge is 0.261 e. The largest absolute Gasteiger partial charge is 0.495 e. The third kappa shape index (κ3) is 5.52. The first kappa shape index (κ1) is 23.4. The molecule has 0 saturated carbocycles. The second kappa shape index (κ2) is 9.93. The molecule has 0 aliphatic carbocycles. The Bertz CT molecular complexity index is 1210. The lowest BCUT2D eigenvalue weighted by Crippen LogP contribution is -2.14. The summed E-state index contributed by atoms with van der Waals surface area (Å²) in [5.41, 5.74) is 1.96. The third-order valence-corrected chi connectivity index (χ3v) is 6.38. The highest BCUT2D eigenvalue weighted by Gasteiger charge is 2.16. The Kier molecular flexibility index (Phi) is 7.27. The zero-order chi connectivity index (χ0) is 23.3. The molecule has 3 rings (SSSR count). The quantitative estimate of drug-likeness (QED) is 0.473. The van der Waals surface area contributed by atoms with E-state index >= 15 is 0 Å². The van der Waals surface area contributed by atoms with E-state index in [0.29, 0.717) is 40.1 Å². The molecule has 1 amide bonds. The number of halogens is 1. The molecule has 3 aromatic rings. The molecule has 0 fully saturated rings. The molecule has 0 unspecified atom stereocenters. The van der Waals surface area contributed by atoms with E-state index in [4.69, 9.17) is 21.1 Å². The zero-order valence-corrected chi connectivity index (χ0v) is 19.4. The molecule has 0 aromatic heterocycles. The van der Waals surface area contributed by atoms with Crippen molar-refractivity contribution in [1.82, 2.24) is 0 Å². The molecule has 7 nitrogen and oxygen atoms in total. The lowest BCUT2D eigenvalue weighted by atomic mass is 10.1. The molecule has 0 atom stereocenters. The summed E-state index contributed by atoms with van der Waals surface area (Å²) in [6.45, 7) is 4.17. The van der Waals surface area contributed by atoms with E-state index in [0.717, 1.165) is 5.56 Å². The van der Waals surface area contributed by atoms with E-state index in [-0.39, 0.29) is 10.8 Å². The molecular weight excluding hydrogens is 452 g/mol. The number of rotatable bonds is 8. The van der Waals surface area contributed by atoms with Crippen molar-refractivity contribution in [3.63, 3.8) is 0 Å². The fraction of sp³-hybridized carbons (Fsp3) is 0.174. The van der Waals surface area contributed by atoms with Gasteiger partial charge >= 0.3 is 0 Å². The van der Waals surface area contributed by atoms with Gasteiger partial charge in [-0.1, -0.05) is 11.6 Å². The number of aryl methyl sites for hydroxylation is 1. The van der Waals surface area contributed by atoms with Gasteiger partial charge < -0.3 is 14.8 Å². The molecular formula is C23H23ClN2O5S. The molecule has 9 heteroatoms. The van der Waals surface area contributed by atoms with Crippen LogP contribution in [0.4, 0.5) is 11.4 Å². The van der Waals surface area contributed by atoms with E-state index in [1.807, 2.05) is 13.8 Å². The number of nitrogens with one attached hydrogen (secondary N) is 2. The number of hydrogen-bond acceptors (Lipinski definition) is 5. The molecule has 0 heterocycles. The van der Waals surface area contributed by atoms with Crippen LogP contribution >= 0.6 is 11.6 Å². The average molecular weight is 475 g/mol. The van der Waals surface area contributed by atoms with Gasteiger partial charge in [0, 0.05) is 22.3 Å². The minimum Gasteiger partial charge on any atom is -0.495 e. The van der Waals surface area contributed by atoms with Crippen LogP contribution in [0.15, 0.2) is 65.6 Å². The van der Waals surface area contributed by atoms with Crippen molar-refractivity contribution in [2.75, 3.05) is 23.8 Å². The van der Waals surface area contributed by atoms with Crippen molar-refractivity contribution in [3.05, 3.63) is 76.8 Å². The average Bonchev–Trinajstić information content (AvgIpc) is 2.77. The fourth-order valence-electron chi connectivity index (χ4n) is 2.91. The van der Waals surface area contributed by atoms with Crippen LogP contribution in [0.25, 0.3) is 0 Å². The second-order valence-electron chi connectivity index (χ2n) is 6.84. The molecule has 0 aliphatic heterocycles. The topological polar surface area (TPSA) is 93.7 Å². The van der Waals surface area contributed by atoms with Gasteiger partial charge in [0.1, 0.15) is 11.5 Å². The van der Waals surface area contributed by atoms with E-state index in [9.17, 15) is 13.2 Å². The van der Waals surface area contributed by atoms with E-state index < -0.39 is 10.0 Å². The Balaban J connectivity index is 1.72. The van der Waals surface area contributed by atoms with Crippen molar-refractivity contribution < 1.29 is 22.7 Å². The maximum absolute atomic E-state index is 12.6. The minimum atomic E-state index is -3.78. The van der Waals surface area contributed by atoms with Crippen LogP contribution in [0.1, 0.15) is 22.8 Å². The molecule has 0 aliphatic rings. The van der Waals surface area contributed by atoms with Crippen molar-refractivity contribution in [3.8, 4) is 11.5 Å². The first-order valence-electron chi connectivity index (χ1n) is 9.74. The molecule has 0 saturated heterocycles. The number of carbonyl (C=O) groups excluding carboxylic acids is 1. The summed E-state index contributed by atoms with van der Waals surface area (Å²) in [4.78, 5) is 12.7. The van der Waals surface area contributed by atoms with Crippen LogP contribution in [0.5, 0.6) is 11.5 Å². The highest BCUT2D eigenvalue weighted by molar-refractivity contribution is 7.92. The lowest BCUT2D eigenvalue weighted by Gasteiger charge is -2.13. The first-order chi connectivity index (χ1) is 15.2.